The summed E-state index contributed by atoms with van der Waals surface area (Å²) in [7, 11) is 3.08. The largest absolute Gasteiger partial charge is 0.497 e. The summed E-state index contributed by atoms with van der Waals surface area (Å²) in [5.74, 6) is 0.356. The van der Waals surface area contributed by atoms with Crippen LogP contribution in [0.2, 0.25) is 0 Å². The Morgan fingerprint density at radius 2 is 1.77 bits per heavy atom. The Bertz CT molecular complexity index is 1030. The number of ether oxygens (including phenoxy) is 2. The minimum Gasteiger partial charge on any atom is -0.497 e. The number of benzene rings is 2. The number of carbonyl (C=O) groups excluding carboxylic acids is 3. The molecule has 162 valence electrons. The van der Waals surface area contributed by atoms with Crippen molar-refractivity contribution >= 4 is 34.8 Å². The van der Waals surface area contributed by atoms with Crippen molar-refractivity contribution in [3.05, 3.63) is 42.0 Å². The lowest BCUT2D eigenvalue weighted by Crippen LogP contribution is -2.28. The van der Waals surface area contributed by atoms with Crippen molar-refractivity contribution in [2.24, 2.45) is 5.92 Å². The molecule has 31 heavy (non-hydrogen) atoms. The molecule has 1 N–H and O–H groups in total. The fourth-order valence-corrected chi connectivity index (χ4v) is 4.14. The first-order valence-corrected chi connectivity index (χ1v) is 10.1. The zero-order valence-corrected chi connectivity index (χ0v) is 17.8. The van der Waals surface area contributed by atoms with Gasteiger partial charge in [-0.2, -0.15) is 0 Å². The van der Waals surface area contributed by atoms with Crippen molar-refractivity contribution in [1.29, 1.82) is 0 Å². The number of methoxy groups -OCH3 is 2. The zero-order valence-electron chi connectivity index (χ0n) is 17.8. The van der Waals surface area contributed by atoms with Crippen LogP contribution in [-0.4, -0.2) is 45.0 Å². The third-order valence-corrected chi connectivity index (χ3v) is 5.77. The van der Waals surface area contributed by atoms with Crippen LogP contribution in [0.15, 0.2) is 36.4 Å². The van der Waals surface area contributed by atoms with Gasteiger partial charge in [0.2, 0.25) is 17.7 Å². The van der Waals surface area contributed by atoms with Gasteiger partial charge in [-0.15, -0.1) is 0 Å². The van der Waals surface area contributed by atoms with Crippen LogP contribution in [0.4, 0.5) is 17.1 Å². The number of hydrogen-bond acceptors (Lipinski definition) is 5. The normalized spacial score (nSPS) is 17.5. The standard InChI is InChI=1S/C23H25N3O5/c1-14(27)25-7-6-15-8-18(4-5-21(15)25)26-13-16(9-22(26)28)23(29)24-17-10-19(30-2)12-20(11-17)31-3/h4-5,8,10-12,16H,6-7,9,13H2,1-3H3,(H,24,29). The Hall–Kier alpha value is -3.55. The summed E-state index contributed by atoms with van der Waals surface area (Å²) < 4.78 is 10.5. The van der Waals surface area contributed by atoms with E-state index >= 15 is 0 Å². The molecule has 2 heterocycles. The molecule has 0 spiro atoms. The van der Waals surface area contributed by atoms with Gasteiger partial charge in [0.05, 0.1) is 20.1 Å². The molecule has 1 unspecified atom stereocenters. The average molecular weight is 423 g/mol. The molecule has 0 radical (unpaired) electrons. The van der Waals surface area contributed by atoms with E-state index in [4.69, 9.17) is 9.47 Å². The molecule has 0 saturated carbocycles. The van der Waals surface area contributed by atoms with Crippen LogP contribution in [0, 0.1) is 5.92 Å². The molecule has 2 aromatic carbocycles. The van der Waals surface area contributed by atoms with Crippen molar-refractivity contribution in [2.45, 2.75) is 19.8 Å². The van der Waals surface area contributed by atoms with Gasteiger partial charge >= 0.3 is 0 Å². The molecule has 4 rings (SSSR count). The number of fused-ring (bicyclic) bond motifs is 1. The maximum atomic E-state index is 12.8. The molecule has 1 fully saturated rings. The van der Waals surface area contributed by atoms with Crippen molar-refractivity contribution in [3.63, 3.8) is 0 Å². The summed E-state index contributed by atoms with van der Waals surface area (Å²) in [6.07, 6.45) is 0.899. The van der Waals surface area contributed by atoms with Crippen LogP contribution in [0.25, 0.3) is 0 Å². The number of nitrogens with zero attached hydrogens (tertiary/aromatic N) is 2. The Morgan fingerprint density at radius 3 is 2.42 bits per heavy atom. The molecule has 2 aliphatic rings. The van der Waals surface area contributed by atoms with Crippen LogP contribution in [0.3, 0.4) is 0 Å². The second-order valence-corrected chi connectivity index (χ2v) is 7.73. The lowest BCUT2D eigenvalue weighted by molar-refractivity contribution is -0.122. The van der Waals surface area contributed by atoms with E-state index in [2.05, 4.69) is 5.32 Å². The van der Waals surface area contributed by atoms with Gasteiger partial charge in [-0.3, -0.25) is 14.4 Å². The Kier molecular flexibility index (Phi) is 5.54. The molecule has 1 atom stereocenters. The summed E-state index contributed by atoms with van der Waals surface area (Å²) >= 11 is 0. The lowest BCUT2D eigenvalue weighted by atomic mass is 10.1. The van der Waals surface area contributed by atoms with E-state index < -0.39 is 5.92 Å². The highest BCUT2D eigenvalue weighted by Crippen LogP contribution is 2.34. The maximum Gasteiger partial charge on any atom is 0.229 e. The van der Waals surface area contributed by atoms with Gasteiger partial charge in [-0.1, -0.05) is 0 Å². The van der Waals surface area contributed by atoms with Gasteiger partial charge < -0.3 is 24.6 Å². The second-order valence-electron chi connectivity index (χ2n) is 7.73. The first-order valence-electron chi connectivity index (χ1n) is 10.1. The molecule has 0 aliphatic carbocycles. The van der Waals surface area contributed by atoms with Crippen molar-refractivity contribution < 1.29 is 23.9 Å². The van der Waals surface area contributed by atoms with Crippen LogP contribution in [0.5, 0.6) is 11.5 Å². The molecule has 0 bridgehead atoms. The van der Waals surface area contributed by atoms with E-state index in [9.17, 15) is 14.4 Å². The van der Waals surface area contributed by atoms with E-state index in [1.807, 2.05) is 18.2 Å². The SMILES string of the molecule is COc1cc(NC(=O)C2CC(=O)N(c3ccc4c(c3)CCN4C(C)=O)C2)cc(OC)c1. The lowest BCUT2D eigenvalue weighted by Gasteiger charge is -2.19. The van der Waals surface area contributed by atoms with Crippen molar-refractivity contribution in [1.82, 2.24) is 0 Å². The molecule has 2 aromatic rings. The third-order valence-electron chi connectivity index (χ3n) is 5.77. The summed E-state index contributed by atoms with van der Waals surface area (Å²) in [6.45, 7) is 2.51. The summed E-state index contributed by atoms with van der Waals surface area (Å²) in [5, 5.41) is 2.86. The highest BCUT2D eigenvalue weighted by Gasteiger charge is 2.36. The monoisotopic (exact) mass is 423 g/mol. The Morgan fingerprint density at radius 1 is 1.06 bits per heavy atom. The Balaban J connectivity index is 1.47. The Labute approximate surface area is 180 Å². The van der Waals surface area contributed by atoms with Crippen molar-refractivity contribution in [2.75, 3.05) is 42.4 Å². The third kappa shape index (κ3) is 4.05. The second kappa shape index (κ2) is 8.29. The minimum absolute atomic E-state index is 0.00894. The van der Waals surface area contributed by atoms with Crippen LogP contribution in [-0.2, 0) is 20.8 Å². The van der Waals surface area contributed by atoms with Crippen LogP contribution >= 0.6 is 0 Å². The van der Waals surface area contributed by atoms with Gasteiger partial charge in [0.15, 0.2) is 0 Å². The molecule has 8 heteroatoms. The number of amides is 3. The van der Waals surface area contributed by atoms with Gasteiger partial charge in [-0.25, -0.2) is 0 Å². The van der Waals surface area contributed by atoms with E-state index in [0.717, 1.165) is 23.4 Å². The van der Waals surface area contributed by atoms with E-state index in [1.165, 1.54) is 0 Å². The first kappa shape index (κ1) is 20.7. The molecule has 1 saturated heterocycles. The van der Waals surface area contributed by atoms with Crippen LogP contribution < -0.4 is 24.6 Å². The molecule has 0 aromatic heterocycles. The fourth-order valence-electron chi connectivity index (χ4n) is 4.14. The fraction of sp³-hybridized carbons (Fsp3) is 0.348. The summed E-state index contributed by atoms with van der Waals surface area (Å²) in [5.41, 5.74) is 3.24. The predicted molar refractivity (Wildman–Crippen MR) is 117 cm³/mol. The highest BCUT2D eigenvalue weighted by molar-refractivity contribution is 6.04. The van der Waals surface area contributed by atoms with Gasteiger partial charge in [0.1, 0.15) is 11.5 Å². The molecule has 8 nitrogen and oxygen atoms in total. The van der Waals surface area contributed by atoms with Gasteiger partial charge in [-0.05, 0) is 30.2 Å². The van der Waals surface area contributed by atoms with Crippen LogP contribution in [0.1, 0.15) is 18.9 Å². The first-order chi connectivity index (χ1) is 14.9. The molecule has 3 amide bonds. The van der Waals surface area contributed by atoms with E-state index in [0.29, 0.717) is 30.3 Å². The van der Waals surface area contributed by atoms with E-state index in [1.54, 1.807) is 49.1 Å². The van der Waals surface area contributed by atoms with Crippen molar-refractivity contribution in [3.8, 4) is 11.5 Å². The van der Waals surface area contributed by atoms with Gasteiger partial charge in [0.25, 0.3) is 0 Å². The average Bonchev–Trinajstić information content (AvgIpc) is 3.36. The molecular formula is C23H25N3O5. The van der Waals surface area contributed by atoms with Gasteiger partial charge in [0, 0.05) is 61.7 Å². The van der Waals surface area contributed by atoms with E-state index in [-0.39, 0.29) is 24.1 Å². The summed E-state index contributed by atoms with van der Waals surface area (Å²) in [6, 6.07) is 10.8. The zero-order chi connectivity index (χ0) is 22.1. The number of nitrogens with one attached hydrogen (secondary N) is 1. The summed E-state index contributed by atoms with van der Waals surface area (Å²) in [4.78, 5) is 40.6. The number of rotatable bonds is 5. The highest BCUT2D eigenvalue weighted by atomic mass is 16.5. The number of anilines is 3. The molecular weight excluding hydrogens is 398 g/mol. The number of hydrogen-bond donors (Lipinski definition) is 1. The minimum atomic E-state index is -0.466. The number of carbonyl (C=O) groups is 3. The predicted octanol–water partition coefficient (Wildman–Crippen LogP) is 2.60. The smallest absolute Gasteiger partial charge is 0.229 e. The topological polar surface area (TPSA) is 88.2 Å². The molecule has 2 aliphatic heterocycles. The quantitative estimate of drug-likeness (QED) is 0.799. The maximum absolute atomic E-state index is 12.8.